The fourth-order valence-corrected chi connectivity index (χ4v) is 2.05. The van der Waals surface area contributed by atoms with Crippen molar-refractivity contribution in [2.45, 2.75) is 27.2 Å². The molecule has 0 N–H and O–H groups in total. The van der Waals surface area contributed by atoms with Gasteiger partial charge in [-0.1, -0.05) is 63.2 Å². The van der Waals surface area contributed by atoms with Crippen LogP contribution in [0, 0.1) is 5.41 Å². The van der Waals surface area contributed by atoms with Crippen LogP contribution in [-0.2, 0) is 0 Å². The predicted molar refractivity (Wildman–Crippen MR) is 72.4 cm³/mol. The topological polar surface area (TPSA) is 17.1 Å². The van der Waals surface area contributed by atoms with Crippen LogP contribution in [0.15, 0.2) is 42.5 Å². The Bertz CT molecular complexity index is 541. The zero-order valence-electron chi connectivity index (χ0n) is 10.7. The van der Waals surface area contributed by atoms with Crippen molar-refractivity contribution < 1.29 is 4.79 Å². The highest BCUT2D eigenvalue weighted by Crippen LogP contribution is 2.25. The van der Waals surface area contributed by atoms with Crippen molar-refractivity contribution in [3.05, 3.63) is 48.0 Å². The number of fused-ring (bicyclic) bond motifs is 1. The smallest absolute Gasteiger partial charge is 0.164 e. The van der Waals surface area contributed by atoms with Crippen LogP contribution in [0.5, 0.6) is 0 Å². The molecule has 0 unspecified atom stereocenters. The molecule has 0 spiro atoms. The summed E-state index contributed by atoms with van der Waals surface area (Å²) in [5, 5.41) is 2.19. The van der Waals surface area contributed by atoms with Gasteiger partial charge in [-0.3, -0.25) is 4.79 Å². The van der Waals surface area contributed by atoms with E-state index in [0.717, 1.165) is 16.3 Å². The van der Waals surface area contributed by atoms with Crippen molar-refractivity contribution >= 4 is 16.6 Å². The van der Waals surface area contributed by atoms with Crippen LogP contribution in [-0.4, -0.2) is 5.78 Å². The quantitative estimate of drug-likeness (QED) is 0.691. The van der Waals surface area contributed by atoms with Crippen LogP contribution in [0.4, 0.5) is 0 Å². The molecule has 88 valence electrons. The van der Waals surface area contributed by atoms with Crippen molar-refractivity contribution in [3.8, 4) is 0 Å². The zero-order chi connectivity index (χ0) is 12.5. The maximum atomic E-state index is 12.3. The van der Waals surface area contributed by atoms with Crippen LogP contribution < -0.4 is 0 Å². The van der Waals surface area contributed by atoms with Gasteiger partial charge >= 0.3 is 0 Å². The zero-order valence-corrected chi connectivity index (χ0v) is 10.7. The van der Waals surface area contributed by atoms with Gasteiger partial charge in [0.25, 0.3) is 0 Å². The number of rotatable bonds is 2. The number of hydrogen-bond donors (Lipinski definition) is 0. The van der Waals surface area contributed by atoms with Crippen LogP contribution in [0.2, 0.25) is 0 Å². The lowest BCUT2D eigenvalue weighted by Crippen LogP contribution is -2.13. The van der Waals surface area contributed by atoms with Gasteiger partial charge in [-0.25, -0.2) is 0 Å². The van der Waals surface area contributed by atoms with Gasteiger partial charge in [-0.2, -0.15) is 0 Å². The van der Waals surface area contributed by atoms with E-state index in [1.807, 2.05) is 42.5 Å². The summed E-state index contributed by atoms with van der Waals surface area (Å²) in [6.45, 7) is 6.28. The van der Waals surface area contributed by atoms with E-state index < -0.39 is 0 Å². The summed E-state index contributed by atoms with van der Waals surface area (Å²) in [4.78, 5) is 12.3. The lowest BCUT2D eigenvalue weighted by atomic mass is 9.86. The molecule has 0 amide bonds. The van der Waals surface area contributed by atoms with Crippen LogP contribution in [0.1, 0.15) is 37.6 Å². The molecule has 0 aliphatic carbocycles. The minimum atomic E-state index is 0.0357. The Kier molecular flexibility index (Phi) is 3.01. The lowest BCUT2D eigenvalue weighted by Gasteiger charge is -2.17. The second-order valence-electron chi connectivity index (χ2n) is 5.69. The number of Topliss-reactive ketones (excluding diaryl/α,β-unsaturated/α-hetero) is 1. The van der Waals surface area contributed by atoms with Crippen LogP contribution in [0.25, 0.3) is 10.8 Å². The number of ketones is 1. The van der Waals surface area contributed by atoms with Crippen molar-refractivity contribution in [2.75, 3.05) is 0 Å². The second kappa shape index (κ2) is 4.33. The molecule has 17 heavy (non-hydrogen) atoms. The van der Waals surface area contributed by atoms with Gasteiger partial charge in [0.15, 0.2) is 5.78 Å². The summed E-state index contributed by atoms with van der Waals surface area (Å²) in [5.74, 6) is 0.231. The van der Waals surface area contributed by atoms with Gasteiger partial charge in [0.2, 0.25) is 0 Å². The molecule has 0 saturated heterocycles. The molecule has 0 aliphatic heterocycles. The number of benzene rings is 2. The van der Waals surface area contributed by atoms with E-state index in [2.05, 4.69) is 20.8 Å². The molecule has 0 heterocycles. The van der Waals surface area contributed by atoms with E-state index >= 15 is 0 Å². The van der Waals surface area contributed by atoms with Gasteiger partial charge in [-0.15, -0.1) is 0 Å². The summed E-state index contributed by atoms with van der Waals surface area (Å²) in [6, 6.07) is 14.0. The molecular weight excluding hydrogens is 208 g/mol. The molecule has 0 saturated carbocycles. The molecule has 2 rings (SSSR count). The van der Waals surface area contributed by atoms with Crippen molar-refractivity contribution in [1.29, 1.82) is 0 Å². The van der Waals surface area contributed by atoms with E-state index in [1.165, 1.54) is 0 Å². The second-order valence-corrected chi connectivity index (χ2v) is 5.69. The summed E-state index contributed by atoms with van der Waals surface area (Å²) in [7, 11) is 0. The van der Waals surface area contributed by atoms with Crippen molar-refractivity contribution in [3.63, 3.8) is 0 Å². The van der Waals surface area contributed by atoms with Gasteiger partial charge in [0.05, 0.1) is 0 Å². The Balaban J connectivity index is 2.45. The SMILES string of the molecule is CC(C)(C)CC(=O)c1cccc2ccccc12. The van der Waals surface area contributed by atoms with Gasteiger partial charge in [0, 0.05) is 12.0 Å². The third-order valence-electron chi connectivity index (χ3n) is 2.78. The molecule has 0 aromatic heterocycles. The standard InChI is InChI=1S/C16H18O/c1-16(2,3)11-15(17)14-10-6-8-12-7-4-5-9-13(12)14/h4-10H,11H2,1-3H3. The number of carbonyl (C=O) groups excluding carboxylic acids is 1. The molecular formula is C16H18O. The normalized spacial score (nSPS) is 11.7. The maximum absolute atomic E-state index is 12.3. The van der Waals surface area contributed by atoms with Crippen molar-refractivity contribution in [1.82, 2.24) is 0 Å². The largest absolute Gasteiger partial charge is 0.294 e. The molecule has 0 radical (unpaired) electrons. The predicted octanol–water partition coefficient (Wildman–Crippen LogP) is 4.46. The average molecular weight is 226 g/mol. The molecule has 2 aromatic carbocycles. The highest BCUT2D eigenvalue weighted by Gasteiger charge is 2.18. The molecule has 1 nitrogen and oxygen atoms in total. The first-order chi connectivity index (χ1) is 7.97. The van der Waals surface area contributed by atoms with E-state index in [0.29, 0.717) is 6.42 Å². The fourth-order valence-electron chi connectivity index (χ4n) is 2.05. The maximum Gasteiger partial charge on any atom is 0.164 e. The first kappa shape index (κ1) is 11.8. The molecule has 0 bridgehead atoms. The lowest BCUT2D eigenvalue weighted by molar-refractivity contribution is 0.0941. The Hall–Kier alpha value is -1.63. The Labute approximate surface area is 102 Å². The first-order valence-electron chi connectivity index (χ1n) is 5.98. The number of carbonyl (C=O) groups is 1. The summed E-state index contributed by atoms with van der Waals surface area (Å²) >= 11 is 0. The van der Waals surface area contributed by atoms with E-state index in [1.54, 1.807) is 0 Å². The van der Waals surface area contributed by atoms with Crippen LogP contribution in [0.3, 0.4) is 0 Å². The molecule has 0 atom stereocenters. The fraction of sp³-hybridized carbons (Fsp3) is 0.312. The third kappa shape index (κ3) is 2.73. The summed E-state index contributed by atoms with van der Waals surface area (Å²) < 4.78 is 0. The van der Waals surface area contributed by atoms with E-state index in [-0.39, 0.29) is 11.2 Å². The Morgan fingerprint density at radius 3 is 2.35 bits per heavy atom. The molecule has 1 heteroatoms. The number of hydrogen-bond acceptors (Lipinski definition) is 1. The molecule has 0 aliphatic rings. The molecule has 0 fully saturated rings. The van der Waals surface area contributed by atoms with Gasteiger partial charge in [-0.05, 0) is 16.2 Å². The average Bonchev–Trinajstić information content (AvgIpc) is 2.26. The summed E-state index contributed by atoms with van der Waals surface area (Å²) in [6.07, 6.45) is 0.584. The first-order valence-corrected chi connectivity index (χ1v) is 5.98. The third-order valence-corrected chi connectivity index (χ3v) is 2.78. The molecule has 2 aromatic rings. The van der Waals surface area contributed by atoms with Crippen LogP contribution >= 0.6 is 0 Å². The monoisotopic (exact) mass is 226 g/mol. The van der Waals surface area contributed by atoms with Gasteiger partial charge in [0.1, 0.15) is 0 Å². The van der Waals surface area contributed by atoms with E-state index in [4.69, 9.17) is 0 Å². The van der Waals surface area contributed by atoms with Gasteiger partial charge < -0.3 is 0 Å². The minimum Gasteiger partial charge on any atom is -0.294 e. The van der Waals surface area contributed by atoms with E-state index in [9.17, 15) is 4.79 Å². The highest BCUT2D eigenvalue weighted by molar-refractivity contribution is 6.08. The minimum absolute atomic E-state index is 0.0357. The Morgan fingerprint density at radius 1 is 1.00 bits per heavy atom. The Morgan fingerprint density at radius 2 is 1.65 bits per heavy atom. The summed E-state index contributed by atoms with van der Waals surface area (Å²) in [5.41, 5.74) is 0.881. The van der Waals surface area contributed by atoms with Crippen molar-refractivity contribution in [2.24, 2.45) is 5.41 Å². The highest BCUT2D eigenvalue weighted by atomic mass is 16.1.